The van der Waals surface area contributed by atoms with Gasteiger partial charge in [0, 0.05) is 31.5 Å². The molecule has 1 saturated heterocycles. The number of hydrogen-bond donors (Lipinski definition) is 3. The van der Waals surface area contributed by atoms with Crippen molar-refractivity contribution in [1.29, 1.82) is 0 Å². The minimum absolute atomic E-state index is 0.132. The topological polar surface area (TPSA) is 144 Å². The Bertz CT molecular complexity index is 1460. The van der Waals surface area contributed by atoms with Crippen molar-refractivity contribution in [3.8, 4) is 5.75 Å². The summed E-state index contributed by atoms with van der Waals surface area (Å²) in [5.41, 5.74) is 0.467. The third-order valence-corrected chi connectivity index (χ3v) is 7.24. The Balaban J connectivity index is 1.60. The quantitative estimate of drug-likeness (QED) is 0.321. The van der Waals surface area contributed by atoms with E-state index in [1.54, 1.807) is 45.4 Å². The van der Waals surface area contributed by atoms with Crippen LogP contribution in [0.4, 0.5) is 26.0 Å². The number of rotatable bonds is 6. The van der Waals surface area contributed by atoms with E-state index in [0.29, 0.717) is 28.2 Å². The molecule has 0 saturated carbocycles. The van der Waals surface area contributed by atoms with Crippen LogP contribution >= 0.6 is 11.3 Å². The van der Waals surface area contributed by atoms with Gasteiger partial charge in [-0.05, 0) is 66.5 Å². The number of alkyl carbamates (subject to hydrolysis) is 1. The lowest BCUT2D eigenvalue weighted by Crippen LogP contribution is -2.49. The lowest BCUT2D eigenvalue weighted by Gasteiger charge is -2.35. The molecule has 3 amide bonds. The number of piperidine rings is 1. The number of carbonyl (C=O) groups is 3. The van der Waals surface area contributed by atoms with Crippen molar-refractivity contribution >= 4 is 56.0 Å². The molecule has 1 fully saturated rings. The van der Waals surface area contributed by atoms with Gasteiger partial charge in [0.25, 0.3) is 5.91 Å². The van der Waals surface area contributed by atoms with Gasteiger partial charge in [-0.2, -0.15) is 0 Å². The van der Waals surface area contributed by atoms with Crippen molar-refractivity contribution in [3.05, 3.63) is 36.3 Å². The third-order valence-electron chi connectivity index (χ3n) is 6.13. The smallest absolute Gasteiger partial charge is 0.412 e. The van der Waals surface area contributed by atoms with Crippen LogP contribution in [0.25, 0.3) is 10.2 Å². The van der Waals surface area contributed by atoms with Crippen LogP contribution in [0.5, 0.6) is 5.75 Å². The Hall–Kier alpha value is -4.13. The number of thiophene rings is 1. The van der Waals surface area contributed by atoms with Gasteiger partial charge in [0.1, 0.15) is 27.5 Å². The number of carbonyl (C=O) groups excluding carboxylic acids is 3. The second-order valence-electron chi connectivity index (χ2n) is 11.9. The summed E-state index contributed by atoms with van der Waals surface area (Å²) < 4.78 is 16.9. The van der Waals surface area contributed by atoms with Gasteiger partial charge in [-0.15, -0.1) is 11.3 Å². The first-order valence-corrected chi connectivity index (χ1v) is 14.5. The van der Waals surface area contributed by atoms with Crippen molar-refractivity contribution in [3.63, 3.8) is 0 Å². The predicted octanol–water partition coefficient (Wildman–Crippen LogP) is 5.79. The highest BCUT2D eigenvalue weighted by atomic mass is 32.1. The summed E-state index contributed by atoms with van der Waals surface area (Å²) in [4.78, 5) is 49.7. The van der Waals surface area contributed by atoms with E-state index in [1.165, 1.54) is 18.4 Å². The average molecular weight is 599 g/mol. The number of fused-ring (bicyclic) bond motifs is 1. The van der Waals surface area contributed by atoms with Crippen molar-refractivity contribution in [2.75, 3.05) is 35.7 Å². The lowest BCUT2D eigenvalue weighted by atomic mass is 10.0. The van der Waals surface area contributed by atoms with E-state index in [4.69, 9.17) is 14.2 Å². The summed E-state index contributed by atoms with van der Waals surface area (Å²) in [5, 5.41) is 8.91. The van der Waals surface area contributed by atoms with Gasteiger partial charge < -0.3 is 29.7 Å². The molecule has 226 valence electrons. The van der Waals surface area contributed by atoms with Crippen molar-refractivity contribution < 1.29 is 28.6 Å². The van der Waals surface area contributed by atoms with Crippen LogP contribution in [0.15, 0.2) is 30.7 Å². The molecular weight excluding hydrogens is 560 g/mol. The normalized spacial score (nSPS) is 15.6. The van der Waals surface area contributed by atoms with Crippen LogP contribution in [0.2, 0.25) is 0 Å². The fraction of sp³-hybridized carbons (Fsp3) is 0.483. The van der Waals surface area contributed by atoms with Crippen LogP contribution in [0, 0.1) is 0 Å². The second kappa shape index (κ2) is 12.4. The molecule has 3 aromatic heterocycles. The molecule has 3 aromatic rings. The standard InChI is InChI=1S/C29H38N6O6S/c1-28(2,3)40-26(37)32-17-9-8-14-35(16-17)19-10-12-30-15-18(19)33-24(36)21-22-23(20(39-7)11-13-31-22)42-25(21)34-27(38)41-29(4,5)6/h10-13,15,17H,8-9,14,16H2,1-7H3,(H,32,37)(H,33,36)(H,34,38)/t17-/m0/s1. The molecule has 0 spiro atoms. The first-order valence-electron chi connectivity index (χ1n) is 13.7. The number of nitrogens with zero attached hydrogens (tertiary/aromatic N) is 3. The van der Waals surface area contributed by atoms with Crippen LogP contribution in [-0.4, -0.2) is 65.5 Å². The van der Waals surface area contributed by atoms with E-state index in [9.17, 15) is 14.4 Å². The predicted molar refractivity (Wildman–Crippen MR) is 163 cm³/mol. The molecule has 0 bridgehead atoms. The highest BCUT2D eigenvalue weighted by Gasteiger charge is 2.28. The molecule has 3 N–H and O–H groups in total. The average Bonchev–Trinajstić information content (AvgIpc) is 3.24. The Kier molecular flexibility index (Phi) is 9.09. The summed E-state index contributed by atoms with van der Waals surface area (Å²) >= 11 is 1.17. The molecule has 42 heavy (non-hydrogen) atoms. The molecule has 0 unspecified atom stereocenters. The summed E-state index contributed by atoms with van der Waals surface area (Å²) in [5.74, 6) is 0.0398. The van der Waals surface area contributed by atoms with E-state index in [2.05, 4.69) is 30.8 Å². The first kappa shape index (κ1) is 30.8. The Morgan fingerprint density at radius 3 is 2.40 bits per heavy atom. The second-order valence-corrected chi connectivity index (χ2v) is 12.9. The van der Waals surface area contributed by atoms with Gasteiger partial charge in [-0.25, -0.2) is 9.59 Å². The molecule has 1 atom stereocenters. The number of anilines is 3. The maximum Gasteiger partial charge on any atom is 0.412 e. The van der Waals surface area contributed by atoms with Gasteiger partial charge in [-0.3, -0.25) is 20.1 Å². The molecule has 1 aliphatic heterocycles. The number of methoxy groups -OCH3 is 1. The number of nitrogens with one attached hydrogen (secondary N) is 3. The van der Waals surface area contributed by atoms with E-state index < -0.39 is 29.3 Å². The van der Waals surface area contributed by atoms with E-state index in [1.807, 2.05) is 26.8 Å². The highest BCUT2D eigenvalue weighted by Crippen LogP contribution is 2.40. The lowest BCUT2D eigenvalue weighted by molar-refractivity contribution is 0.0499. The zero-order valence-corrected chi connectivity index (χ0v) is 25.8. The van der Waals surface area contributed by atoms with Gasteiger partial charge >= 0.3 is 12.2 Å². The van der Waals surface area contributed by atoms with Crippen LogP contribution < -0.4 is 25.6 Å². The van der Waals surface area contributed by atoms with Gasteiger partial charge in [0.15, 0.2) is 0 Å². The van der Waals surface area contributed by atoms with Crippen LogP contribution in [0.1, 0.15) is 64.7 Å². The van der Waals surface area contributed by atoms with Gasteiger partial charge in [0.05, 0.1) is 34.9 Å². The fourth-order valence-corrected chi connectivity index (χ4v) is 5.69. The molecule has 4 heterocycles. The Morgan fingerprint density at radius 1 is 1.00 bits per heavy atom. The largest absolute Gasteiger partial charge is 0.495 e. The number of pyridine rings is 2. The molecule has 0 aromatic carbocycles. The molecule has 0 aliphatic carbocycles. The maximum absolute atomic E-state index is 13.9. The summed E-state index contributed by atoms with van der Waals surface area (Å²) in [6, 6.07) is 3.38. The minimum Gasteiger partial charge on any atom is -0.495 e. The van der Waals surface area contributed by atoms with Gasteiger partial charge in [0.2, 0.25) is 0 Å². The van der Waals surface area contributed by atoms with Crippen molar-refractivity contribution in [2.24, 2.45) is 0 Å². The SMILES string of the molecule is COc1ccnc2c(C(=O)Nc3cnccc3N3CCC[C@H](NC(=O)OC(C)(C)C)C3)c(NC(=O)OC(C)(C)C)sc12. The van der Waals surface area contributed by atoms with Crippen LogP contribution in [0.3, 0.4) is 0 Å². The number of amides is 3. The number of aromatic nitrogens is 2. The van der Waals surface area contributed by atoms with Gasteiger partial charge in [-0.1, -0.05) is 0 Å². The zero-order chi connectivity index (χ0) is 30.7. The fourth-order valence-electron chi connectivity index (χ4n) is 4.56. The summed E-state index contributed by atoms with van der Waals surface area (Å²) in [6.07, 6.45) is 5.24. The molecular formula is C29H38N6O6S. The molecule has 4 rings (SSSR count). The monoisotopic (exact) mass is 598 g/mol. The summed E-state index contributed by atoms with van der Waals surface area (Å²) in [6.45, 7) is 12.0. The molecule has 1 aliphatic rings. The molecule has 0 radical (unpaired) electrons. The minimum atomic E-state index is -0.728. The van der Waals surface area contributed by atoms with E-state index in [-0.39, 0.29) is 16.6 Å². The van der Waals surface area contributed by atoms with Crippen molar-refractivity contribution in [1.82, 2.24) is 15.3 Å². The third kappa shape index (κ3) is 7.78. The Labute approximate surface area is 249 Å². The molecule has 13 heteroatoms. The molecule has 12 nitrogen and oxygen atoms in total. The zero-order valence-electron chi connectivity index (χ0n) is 25.0. The van der Waals surface area contributed by atoms with Crippen LogP contribution in [-0.2, 0) is 9.47 Å². The van der Waals surface area contributed by atoms with Crippen molar-refractivity contribution in [2.45, 2.75) is 71.6 Å². The maximum atomic E-state index is 13.9. The summed E-state index contributed by atoms with van der Waals surface area (Å²) in [7, 11) is 1.53. The number of hydrogen-bond acceptors (Lipinski definition) is 10. The van der Waals surface area contributed by atoms with E-state index in [0.717, 1.165) is 25.1 Å². The first-order chi connectivity index (χ1) is 19.7. The Morgan fingerprint density at radius 2 is 1.71 bits per heavy atom. The van der Waals surface area contributed by atoms with E-state index >= 15 is 0 Å². The highest BCUT2D eigenvalue weighted by molar-refractivity contribution is 7.23. The number of ether oxygens (including phenoxy) is 3.